The van der Waals surface area contributed by atoms with E-state index >= 15 is 0 Å². The lowest BCUT2D eigenvalue weighted by molar-refractivity contribution is 0.0994. The number of nitrogens with one attached hydrogen (secondary N) is 1. The average molecular weight is 500 g/mol. The molecule has 0 spiro atoms. The molecule has 2 aromatic heterocycles. The lowest BCUT2D eigenvalue weighted by Gasteiger charge is -2.37. The van der Waals surface area contributed by atoms with Gasteiger partial charge in [-0.15, -0.1) is 0 Å². The molecule has 1 N–H and O–H groups in total. The van der Waals surface area contributed by atoms with Crippen LogP contribution >= 0.6 is 0 Å². The third-order valence-electron chi connectivity index (χ3n) is 6.35. The zero-order valence-corrected chi connectivity index (χ0v) is 20.9. The Balaban J connectivity index is 1.24. The number of aryl methyl sites for hydroxylation is 1. The summed E-state index contributed by atoms with van der Waals surface area (Å²) in [7, 11) is 1.68. The molecule has 5 rings (SSSR count). The van der Waals surface area contributed by atoms with Gasteiger partial charge in [0, 0.05) is 37.9 Å². The summed E-state index contributed by atoms with van der Waals surface area (Å²) in [4.78, 5) is 29.5. The standard InChI is InChI=1S/C28H29N5O4/c1-20-6-5-7-21(18-20)29-28(35)25-11-10-22(37-25)19-33-27(34)13-12-26(30-33)32-16-14-31(15-17-32)23-8-3-4-9-24(23)36-2/h3-13,18H,14-17,19H2,1-2H3,(H,29,35). The number of nitrogens with zero attached hydrogens (tertiary/aromatic N) is 4. The van der Waals surface area contributed by atoms with Crippen molar-refractivity contribution in [3.8, 4) is 5.75 Å². The van der Waals surface area contributed by atoms with Crippen LogP contribution in [0.25, 0.3) is 0 Å². The highest BCUT2D eigenvalue weighted by molar-refractivity contribution is 6.02. The number of ether oxygens (including phenoxy) is 1. The van der Waals surface area contributed by atoms with Crippen LogP contribution in [0.5, 0.6) is 5.75 Å². The predicted molar refractivity (Wildman–Crippen MR) is 143 cm³/mol. The highest BCUT2D eigenvalue weighted by Crippen LogP contribution is 2.29. The van der Waals surface area contributed by atoms with Crippen molar-refractivity contribution in [2.45, 2.75) is 13.5 Å². The zero-order valence-electron chi connectivity index (χ0n) is 20.9. The third kappa shape index (κ3) is 5.50. The van der Waals surface area contributed by atoms with Gasteiger partial charge in [0.25, 0.3) is 11.5 Å². The van der Waals surface area contributed by atoms with E-state index in [0.717, 1.165) is 49.0 Å². The van der Waals surface area contributed by atoms with E-state index in [4.69, 9.17) is 9.15 Å². The molecular weight excluding hydrogens is 470 g/mol. The fourth-order valence-electron chi connectivity index (χ4n) is 4.44. The van der Waals surface area contributed by atoms with Crippen molar-refractivity contribution < 1.29 is 13.9 Å². The monoisotopic (exact) mass is 499 g/mol. The summed E-state index contributed by atoms with van der Waals surface area (Å²) in [5, 5.41) is 7.41. The van der Waals surface area contributed by atoms with E-state index in [9.17, 15) is 9.59 Å². The molecule has 0 atom stereocenters. The first-order valence-corrected chi connectivity index (χ1v) is 12.2. The van der Waals surface area contributed by atoms with Crippen LogP contribution in [0.15, 0.2) is 82.0 Å². The van der Waals surface area contributed by atoms with Crippen molar-refractivity contribution >= 4 is 23.1 Å². The van der Waals surface area contributed by atoms with Gasteiger partial charge in [0.2, 0.25) is 0 Å². The topological polar surface area (TPSA) is 92.8 Å². The molecule has 9 nitrogen and oxygen atoms in total. The predicted octanol–water partition coefficient (Wildman–Crippen LogP) is 3.78. The molecule has 0 saturated carbocycles. The number of furan rings is 1. The van der Waals surface area contributed by atoms with Gasteiger partial charge in [-0.05, 0) is 55.0 Å². The second kappa shape index (κ2) is 10.6. The molecule has 190 valence electrons. The maximum absolute atomic E-state index is 12.6. The third-order valence-corrected chi connectivity index (χ3v) is 6.35. The van der Waals surface area contributed by atoms with Crippen LogP contribution in [0.2, 0.25) is 0 Å². The number of aromatic nitrogens is 2. The second-order valence-corrected chi connectivity index (χ2v) is 8.92. The summed E-state index contributed by atoms with van der Waals surface area (Å²) in [5.41, 5.74) is 2.57. The Hall–Kier alpha value is -4.53. The Labute approximate surface area is 214 Å². The molecule has 4 aromatic rings. The van der Waals surface area contributed by atoms with Gasteiger partial charge in [0.05, 0.1) is 12.8 Å². The van der Waals surface area contributed by atoms with Gasteiger partial charge in [0.15, 0.2) is 5.76 Å². The van der Waals surface area contributed by atoms with E-state index in [2.05, 4.69) is 26.3 Å². The van der Waals surface area contributed by atoms with Gasteiger partial charge < -0.3 is 24.3 Å². The maximum atomic E-state index is 12.6. The van der Waals surface area contributed by atoms with Crippen LogP contribution in [-0.4, -0.2) is 49.0 Å². The average Bonchev–Trinajstić information content (AvgIpc) is 3.39. The summed E-state index contributed by atoms with van der Waals surface area (Å²) >= 11 is 0. The van der Waals surface area contributed by atoms with E-state index in [-0.39, 0.29) is 23.8 Å². The number of benzene rings is 2. The zero-order chi connectivity index (χ0) is 25.8. The SMILES string of the molecule is COc1ccccc1N1CCN(c2ccc(=O)n(Cc3ccc(C(=O)Nc4cccc(C)c4)o3)n2)CC1. The number of carbonyl (C=O) groups is 1. The smallest absolute Gasteiger partial charge is 0.291 e. The molecule has 0 aliphatic carbocycles. The number of piperazine rings is 1. The van der Waals surface area contributed by atoms with E-state index in [1.165, 1.54) is 10.7 Å². The van der Waals surface area contributed by atoms with Gasteiger partial charge >= 0.3 is 0 Å². The fourth-order valence-corrected chi connectivity index (χ4v) is 4.44. The molecule has 2 aromatic carbocycles. The minimum Gasteiger partial charge on any atom is -0.495 e. The van der Waals surface area contributed by atoms with Crippen molar-refractivity contribution in [3.63, 3.8) is 0 Å². The van der Waals surface area contributed by atoms with Gasteiger partial charge in [-0.25, -0.2) is 4.68 Å². The minimum absolute atomic E-state index is 0.131. The van der Waals surface area contributed by atoms with Crippen LogP contribution in [0.3, 0.4) is 0 Å². The quantitative estimate of drug-likeness (QED) is 0.414. The molecule has 0 unspecified atom stereocenters. The summed E-state index contributed by atoms with van der Waals surface area (Å²) in [5.74, 6) is 1.88. The van der Waals surface area contributed by atoms with Crippen LogP contribution < -0.4 is 25.4 Å². The first kappa shape index (κ1) is 24.2. The van der Waals surface area contributed by atoms with E-state index in [1.54, 1.807) is 25.3 Å². The molecule has 3 heterocycles. The number of anilines is 3. The lowest BCUT2D eigenvalue weighted by Crippen LogP contribution is -2.47. The van der Waals surface area contributed by atoms with Gasteiger partial charge in [0.1, 0.15) is 23.9 Å². The molecule has 1 aliphatic heterocycles. The Kier molecular flexibility index (Phi) is 6.93. The normalized spacial score (nSPS) is 13.5. The number of rotatable bonds is 7. The fraction of sp³-hybridized carbons (Fsp3) is 0.250. The van der Waals surface area contributed by atoms with Crippen molar-refractivity contribution in [1.29, 1.82) is 0 Å². The van der Waals surface area contributed by atoms with E-state index in [1.807, 2.05) is 49.4 Å². The molecule has 0 bridgehead atoms. The van der Waals surface area contributed by atoms with Crippen molar-refractivity contribution in [2.75, 3.05) is 48.4 Å². The first-order chi connectivity index (χ1) is 18.0. The Morgan fingerprint density at radius 3 is 2.54 bits per heavy atom. The van der Waals surface area contributed by atoms with E-state index < -0.39 is 0 Å². The second-order valence-electron chi connectivity index (χ2n) is 8.92. The van der Waals surface area contributed by atoms with Gasteiger partial charge in [-0.2, -0.15) is 5.10 Å². The number of methoxy groups -OCH3 is 1. The van der Waals surface area contributed by atoms with Gasteiger partial charge in [-0.3, -0.25) is 9.59 Å². The summed E-state index contributed by atoms with van der Waals surface area (Å²) in [6.45, 7) is 5.21. The van der Waals surface area contributed by atoms with Gasteiger partial charge in [-0.1, -0.05) is 24.3 Å². The molecule has 1 aliphatic rings. The lowest BCUT2D eigenvalue weighted by atomic mass is 10.2. The largest absolute Gasteiger partial charge is 0.495 e. The van der Waals surface area contributed by atoms with Crippen LogP contribution in [0.1, 0.15) is 21.9 Å². The van der Waals surface area contributed by atoms with E-state index in [0.29, 0.717) is 11.4 Å². The highest BCUT2D eigenvalue weighted by atomic mass is 16.5. The maximum Gasteiger partial charge on any atom is 0.291 e. The van der Waals surface area contributed by atoms with Crippen LogP contribution in [0, 0.1) is 6.92 Å². The van der Waals surface area contributed by atoms with Crippen molar-refractivity contribution in [3.05, 3.63) is 100 Å². The Bertz CT molecular complexity index is 1450. The molecular formula is C28H29N5O4. The summed E-state index contributed by atoms with van der Waals surface area (Å²) in [6, 6.07) is 22.1. The molecule has 1 fully saturated rings. The number of hydrogen-bond donors (Lipinski definition) is 1. The summed E-state index contributed by atoms with van der Waals surface area (Å²) in [6.07, 6.45) is 0. The highest BCUT2D eigenvalue weighted by Gasteiger charge is 2.21. The molecule has 0 radical (unpaired) electrons. The van der Waals surface area contributed by atoms with Crippen LogP contribution in [-0.2, 0) is 6.54 Å². The minimum atomic E-state index is -0.348. The number of para-hydroxylation sites is 2. The number of hydrogen-bond acceptors (Lipinski definition) is 7. The number of amides is 1. The summed E-state index contributed by atoms with van der Waals surface area (Å²) < 4.78 is 12.6. The first-order valence-electron chi connectivity index (χ1n) is 12.2. The molecule has 1 amide bonds. The van der Waals surface area contributed by atoms with Crippen LogP contribution in [0.4, 0.5) is 17.2 Å². The van der Waals surface area contributed by atoms with Crippen molar-refractivity contribution in [2.24, 2.45) is 0 Å². The Morgan fingerprint density at radius 1 is 0.973 bits per heavy atom. The molecule has 1 saturated heterocycles. The molecule has 37 heavy (non-hydrogen) atoms. The molecule has 9 heteroatoms. The Morgan fingerprint density at radius 2 is 1.76 bits per heavy atom. The number of carbonyl (C=O) groups excluding carboxylic acids is 1. The van der Waals surface area contributed by atoms with Crippen molar-refractivity contribution in [1.82, 2.24) is 9.78 Å².